The number of rotatable bonds is 5. The van der Waals surface area contributed by atoms with Crippen molar-refractivity contribution in [2.45, 2.75) is 13.5 Å². The molecule has 4 aromatic rings. The van der Waals surface area contributed by atoms with Gasteiger partial charge in [0.15, 0.2) is 9.84 Å². The Morgan fingerprint density at radius 3 is 2.40 bits per heavy atom. The van der Waals surface area contributed by atoms with E-state index in [1.54, 1.807) is 47.0 Å². The van der Waals surface area contributed by atoms with Crippen LogP contribution in [0.1, 0.15) is 11.1 Å². The fourth-order valence-electron chi connectivity index (χ4n) is 4.05. The van der Waals surface area contributed by atoms with Crippen LogP contribution in [0.4, 0.5) is 24.8 Å². The first-order chi connectivity index (χ1) is 16.7. The van der Waals surface area contributed by atoms with E-state index in [1.807, 2.05) is 0 Å². The van der Waals surface area contributed by atoms with Crippen molar-refractivity contribution in [3.8, 4) is 5.69 Å². The number of hydrogen-bond donors (Lipinski definition) is 1. The predicted octanol–water partition coefficient (Wildman–Crippen LogP) is 4.12. The third-order valence-electron chi connectivity index (χ3n) is 6.06. The maximum atomic E-state index is 15.0. The first-order valence-electron chi connectivity index (χ1n) is 11.0. The fourth-order valence-corrected chi connectivity index (χ4v) is 5.33. The first-order valence-corrected chi connectivity index (χ1v) is 12.8. The SMILES string of the molecule is Cc1cc(Nc2ncc3ccn(-c4cc(F)c(CN5CCS(=O)(=O)CC5)c(F)c4)c3n2)ccc1F. The Bertz CT molecular complexity index is 1500. The second kappa shape index (κ2) is 8.97. The van der Waals surface area contributed by atoms with Crippen LogP contribution in [0.25, 0.3) is 16.7 Å². The second-order valence-corrected chi connectivity index (χ2v) is 10.9. The zero-order valence-electron chi connectivity index (χ0n) is 18.8. The van der Waals surface area contributed by atoms with Crippen molar-refractivity contribution < 1.29 is 21.6 Å². The standard InChI is InChI=1S/C24H22F3N5O2S/c1-15-10-17(2-3-20(15)25)29-24-28-13-16-4-5-32(23(16)30-24)18-11-21(26)19(22(27)12-18)14-31-6-8-35(33,34)9-7-31/h2-5,10-13H,6-9,14H2,1H3,(H,28,29,30). The van der Waals surface area contributed by atoms with Crippen molar-refractivity contribution >= 4 is 32.5 Å². The molecular formula is C24H22F3N5O2S. The maximum Gasteiger partial charge on any atom is 0.229 e. The fraction of sp³-hybridized carbons (Fsp3) is 0.250. The molecule has 0 amide bonds. The highest BCUT2D eigenvalue weighted by Crippen LogP contribution is 2.25. The number of sulfone groups is 1. The minimum Gasteiger partial charge on any atom is -0.324 e. The molecule has 11 heteroatoms. The maximum absolute atomic E-state index is 15.0. The smallest absolute Gasteiger partial charge is 0.229 e. The summed E-state index contributed by atoms with van der Waals surface area (Å²) in [6.07, 6.45) is 3.23. The third kappa shape index (κ3) is 4.87. The lowest BCUT2D eigenvalue weighted by atomic mass is 10.1. The number of benzene rings is 2. The van der Waals surface area contributed by atoms with Gasteiger partial charge in [-0.2, -0.15) is 4.98 Å². The van der Waals surface area contributed by atoms with E-state index in [0.29, 0.717) is 22.3 Å². The van der Waals surface area contributed by atoms with Gasteiger partial charge >= 0.3 is 0 Å². The van der Waals surface area contributed by atoms with E-state index in [4.69, 9.17) is 0 Å². The summed E-state index contributed by atoms with van der Waals surface area (Å²) in [6.45, 7) is 2.12. The molecule has 1 fully saturated rings. The van der Waals surface area contributed by atoms with Crippen molar-refractivity contribution in [1.82, 2.24) is 19.4 Å². The van der Waals surface area contributed by atoms with Crippen LogP contribution >= 0.6 is 0 Å². The number of hydrogen-bond acceptors (Lipinski definition) is 6. The summed E-state index contributed by atoms with van der Waals surface area (Å²) in [5.74, 6) is -1.54. The van der Waals surface area contributed by atoms with Crippen LogP contribution in [0.5, 0.6) is 0 Å². The zero-order valence-corrected chi connectivity index (χ0v) is 19.6. The predicted molar refractivity (Wildman–Crippen MR) is 127 cm³/mol. The van der Waals surface area contributed by atoms with Gasteiger partial charge in [0.05, 0.1) is 17.2 Å². The van der Waals surface area contributed by atoms with Crippen LogP contribution in [0.3, 0.4) is 0 Å². The number of fused-ring (bicyclic) bond motifs is 1. The highest BCUT2D eigenvalue weighted by atomic mass is 32.2. The molecule has 0 bridgehead atoms. The summed E-state index contributed by atoms with van der Waals surface area (Å²) >= 11 is 0. The Balaban J connectivity index is 1.42. The monoisotopic (exact) mass is 501 g/mol. The number of aromatic nitrogens is 3. The van der Waals surface area contributed by atoms with Gasteiger partial charge in [0, 0.05) is 48.7 Å². The quantitative estimate of drug-likeness (QED) is 0.443. The average molecular weight is 502 g/mol. The molecule has 0 aliphatic carbocycles. The first kappa shape index (κ1) is 23.3. The van der Waals surface area contributed by atoms with E-state index < -0.39 is 21.5 Å². The summed E-state index contributed by atoms with van der Waals surface area (Å²) in [5.41, 5.74) is 1.66. The minimum atomic E-state index is -3.08. The molecule has 35 heavy (non-hydrogen) atoms. The summed E-state index contributed by atoms with van der Waals surface area (Å²) in [7, 11) is -3.08. The average Bonchev–Trinajstić information content (AvgIpc) is 3.23. The van der Waals surface area contributed by atoms with Gasteiger partial charge in [-0.05, 0) is 48.9 Å². The Labute approximate surface area is 200 Å². The van der Waals surface area contributed by atoms with Crippen molar-refractivity contribution in [2.75, 3.05) is 29.9 Å². The highest BCUT2D eigenvalue weighted by Gasteiger charge is 2.24. The Morgan fingerprint density at radius 1 is 1.00 bits per heavy atom. The van der Waals surface area contributed by atoms with Crippen molar-refractivity contribution in [2.24, 2.45) is 0 Å². The van der Waals surface area contributed by atoms with Crippen LogP contribution in [0.2, 0.25) is 0 Å². The number of aryl methyl sites for hydroxylation is 1. The largest absolute Gasteiger partial charge is 0.324 e. The van der Waals surface area contributed by atoms with Gasteiger partial charge in [0.2, 0.25) is 5.95 Å². The van der Waals surface area contributed by atoms with E-state index in [0.717, 1.165) is 0 Å². The molecule has 1 aliphatic rings. The van der Waals surface area contributed by atoms with Crippen LogP contribution < -0.4 is 5.32 Å². The molecule has 0 unspecified atom stereocenters. The Morgan fingerprint density at radius 2 is 1.71 bits per heavy atom. The van der Waals surface area contributed by atoms with E-state index in [-0.39, 0.29) is 54.2 Å². The highest BCUT2D eigenvalue weighted by molar-refractivity contribution is 7.91. The Kier molecular flexibility index (Phi) is 5.97. The van der Waals surface area contributed by atoms with E-state index >= 15 is 0 Å². The van der Waals surface area contributed by atoms with Gasteiger partial charge in [0.25, 0.3) is 0 Å². The second-order valence-electron chi connectivity index (χ2n) is 8.56. The van der Waals surface area contributed by atoms with E-state index in [9.17, 15) is 21.6 Å². The zero-order chi connectivity index (χ0) is 24.7. The van der Waals surface area contributed by atoms with Gasteiger partial charge in [0.1, 0.15) is 23.1 Å². The molecule has 5 rings (SSSR count). The van der Waals surface area contributed by atoms with Crippen molar-refractivity contribution in [1.29, 1.82) is 0 Å². The molecule has 0 spiro atoms. The molecule has 2 aromatic heterocycles. The van der Waals surface area contributed by atoms with Gasteiger partial charge < -0.3 is 9.88 Å². The lowest BCUT2D eigenvalue weighted by Crippen LogP contribution is -2.40. The summed E-state index contributed by atoms with van der Waals surface area (Å²) in [6, 6.07) is 8.74. The molecule has 3 heterocycles. The van der Waals surface area contributed by atoms with Gasteiger partial charge in [-0.15, -0.1) is 0 Å². The summed E-state index contributed by atoms with van der Waals surface area (Å²) in [4.78, 5) is 10.5. The van der Waals surface area contributed by atoms with Gasteiger partial charge in [-0.3, -0.25) is 4.90 Å². The topological polar surface area (TPSA) is 80.1 Å². The number of halogens is 3. The molecule has 1 aliphatic heterocycles. The Hall–Kier alpha value is -3.44. The molecule has 182 valence electrons. The minimum absolute atomic E-state index is 0.00673. The molecule has 0 radical (unpaired) electrons. The molecule has 7 nitrogen and oxygen atoms in total. The van der Waals surface area contributed by atoms with Crippen molar-refractivity contribution in [3.05, 3.63) is 77.4 Å². The lowest BCUT2D eigenvalue weighted by Gasteiger charge is -2.26. The van der Waals surface area contributed by atoms with E-state index in [2.05, 4.69) is 15.3 Å². The number of nitrogens with zero attached hydrogens (tertiary/aromatic N) is 4. The third-order valence-corrected chi connectivity index (χ3v) is 7.67. The van der Waals surface area contributed by atoms with Gasteiger partial charge in [-0.1, -0.05) is 0 Å². The normalized spacial score (nSPS) is 16.0. The van der Waals surface area contributed by atoms with Crippen LogP contribution in [-0.2, 0) is 16.4 Å². The van der Waals surface area contributed by atoms with E-state index in [1.165, 1.54) is 18.2 Å². The molecular weight excluding hydrogens is 479 g/mol. The molecule has 0 atom stereocenters. The molecule has 1 N–H and O–H groups in total. The lowest BCUT2D eigenvalue weighted by molar-refractivity contribution is 0.278. The molecule has 0 saturated carbocycles. The van der Waals surface area contributed by atoms with Crippen molar-refractivity contribution in [3.63, 3.8) is 0 Å². The van der Waals surface area contributed by atoms with Crippen LogP contribution in [0.15, 0.2) is 48.8 Å². The number of nitrogens with one attached hydrogen (secondary N) is 1. The van der Waals surface area contributed by atoms with Crippen LogP contribution in [-0.4, -0.2) is 52.4 Å². The van der Waals surface area contributed by atoms with Gasteiger partial charge in [-0.25, -0.2) is 26.6 Å². The van der Waals surface area contributed by atoms with Crippen LogP contribution in [0, 0.1) is 24.4 Å². The number of anilines is 2. The molecule has 2 aromatic carbocycles. The molecule has 1 saturated heterocycles. The summed E-state index contributed by atoms with van der Waals surface area (Å²) < 4.78 is 68.3. The summed E-state index contributed by atoms with van der Waals surface area (Å²) in [5, 5.41) is 3.69.